The summed E-state index contributed by atoms with van der Waals surface area (Å²) in [5, 5.41) is 8.54. The Morgan fingerprint density at radius 2 is 2.27 bits per heavy atom. The highest BCUT2D eigenvalue weighted by atomic mass is 127. The molecule has 3 nitrogen and oxygen atoms in total. The minimum absolute atomic E-state index is 0.0382. The maximum Gasteiger partial charge on any atom is 0.309 e. The number of halogens is 4. The van der Waals surface area contributed by atoms with Gasteiger partial charge in [0.1, 0.15) is 5.15 Å². The zero-order valence-electron chi connectivity index (χ0n) is 7.18. The van der Waals surface area contributed by atoms with Gasteiger partial charge in [0.25, 0.3) is 6.43 Å². The van der Waals surface area contributed by atoms with Crippen LogP contribution in [0.15, 0.2) is 6.07 Å². The lowest BCUT2D eigenvalue weighted by Crippen LogP contribution is -2.07. The molecule has 0 unspecified atom stereocenters. The SMILES string of the molecule is O=C(O)Cc1nc(Cl)c(I)cc1C(F)F. The number of hydrogen-bond donors (Lipinski definition) is 1. The molecule has 1 aromatic heterocycles. The smallest absolute Gasteiger partial charge is 0.309 e. The van der Waals surface area contributed by atoms with E-state index in [2.05, 4.69) is 4.98 Å². The molecule has 0 radical (unpaired) electrons. The third-order valence-electron chi connectivity index (χ3n) is 1.60. The number of alkyl halides is 2. The van der Waals surface area contributed by atoms with Crippen molar-refractivity contribution in [3.63, 3.8) is 0 Å². The van der Waals surface area contributed by atoms with E-state index in [4.69, 9.17) is 16.7 Å². The molecule has 0 spiro atoms. The van der Waals surface area contributed by atoms with Gasteiger partial charge in [0.15, 0.2) is 0 Å². The van der Waals surface area contributed by atoms with Crippen LogP contribution in [0, 0.1) is 3.57 Å². The molecule has 0 aliphatic rings. The molecule has 1 rings (SSSR count). The summed E-state index contributed by atoms with van der Waals surface area (Å²) in [6.07, 6.45) is -3.31. The number of pyridine rings is 1. The van der Waals surface area contributed by atoms with E-state index in [-0.39, 0.29) is 16.4 Å². The molecule has 82 valence electrons. The predicted octanol–water partition coefficient (Wildman–Crippen LogP) is 2.90. The molecular weight excluding hydrogens is 342 g/mol. The van der Waals surface area contributed by atoms with Gasteiger partial charge in [0, 0.05) is 5.56 Å². The van der Waals surface area contributed by atoms with Crippen LogP contribution < -0.4 is 0 Å². The fraction of sp³-hybridized carbons (Fsp3) is 0.250. The first-order valence-corrected chi connectivity index (χ1v) is 5.22. The maximum absolute atomic E-state index is 12.5. The van der Waals surface area contributed by atoms with E-state index in [0.717, 1.165) is 6.07 Å². The van der Waals surface area contributed by atoms with Gasteiger partial charge in [-0.3, -0.25) is 4.79 Å². The quantitative estimate of drug-likeness (QED) is 0.676. The highest BCUT2D eigenvalue weighted by molar-refractivity contribution is 14.1. The first kappa shape index (κ1) is 12.6. The average molecular weight is 347 g/mol. The van der Waals surface area contributed by atoms with E-state index in [1.165, 1.54) is 0 Å². The van der Waals surface area contributed by atoms with E-state index in [9.17, 15) is 13.6 Å². The van der Waals surface area contributed by atoms with Crippen LogP contribution in [0.1, 0.15) is 17.7 Å². The topological polar surface area (TPSA) is 50.2 Å². The molecule has 0 saturated carbocycles. The van der Waals surface area contributed by atoms with Crippen LogP contribution in [0.2, 0.25) is 5.15 Å². The van der Waals surface area contributed by atoms with Crippen LogP contribution in [-0.2, 0) is 11.2 Å². The summed E-state index contributed by atoms with van der Waals surface area (Å²) < 4.78 is 25.4. The number of carbonyl (C=O) groups is 1. The minimum atomic E-state index is -2.75. The van der Waals surface area contributed by atoms with Crippen LogP contribution in [0.25, 0.3) is 0 Å². The molecule has 1 heterocycles. The summed E-state index contributed by atoms with van der Waals surface area (Å²) in [6, 6.07) is 1.15. The lowest BCUT2D eigenvalue weighted by molar-refractivity contribution is -0.136. The van der Waals surface area contributed by atoms with Crippen molar-refractivity contribution in [2.45, 2.75) is 12.8 Å². The van der Waals surface area contributed by atoms with Gasteiger partial charge in [-0.2, -0.15) is 0 Å². The molecule has 15 heavy (non-hydrogen) atoms. The first-order chi connectivity index (χ1) is 6.91. The maximum atomic E-state index is 12.5. The third-order valence-corrected chi connectivity index (χ3v) is 3.03. The van der Waals surface area contributed by atoms with Crippen molar-refractivity contribution >= 4 is 40.2 Å². The fourth-order valence-electron chi connectivity index (χ4n) is 0.990. The van der Waals surface area contributed by atoms with E-state index in [1.807, 2.05) is 0 Å². The third kappa shape index (κ3) is 3.23. The van der Waals surface area contributed by atoms with E-state index in [1.54, 1.807) is 22.6 Å². The van der Waals surface area contributed by atoms with Crippen LogP contribution in [0.3, 0.4) is 0 Å². The Bertz CT molecular complexity index is 400. The minimum Gasteiger partial charge on any atom is -0.481 e. The molecule has 0 amide bonds. The van der Waals surface area contributed by atoms with Crippen molar-refractivity contribution in [3.05, 3.63) is 26.0 Å². The molecular formula is C8H5ClF2INO2. The van der Waals surface area contributed by atoms with Crippen LogP contribution in [0.5, 0.6) is 0 Å². The highest BCUT2D eigenvalue weighted by Gasteiger charge is 2.18. The summed E-state index contributed by atoms with van der Waals surface area (Å²) in [5.41, 5.74) is -0.575. The van der Waals surface area contributed by atoms with Gasteiger partial charge < -0.3 is 5.11 Å². The summed E-state index contributed by atoms with van der Waals surface area (Å²) in [6.45, 7) is 0. The molecule has 1 aromatic rings. The number of carboxylic acids is 1. The Balaban J connectivity index is 3.21. The Hall–Kier alpha value is -0.500. The summed E-state index contributed by atoms with van der Waals surface area (Å²) in [4.78, 5) is 14.0. The number of aliphatic carboxylic acids is 1. The summed E-state index contributed by atoms with van der Waals surface area (Å²) in [5.74, 6) is -1.22. The Labute approximate surface area is 103 Å². The second-order valence-corrected chi connectivity index (χ2v) is 4.19. The van der Waals surface area contributed by atoms with E-state index < -0.39 is 18.8 Å². The number of rotatable bonds is 3. The van der Waals surface area contributed by atoms with Crippen molar-refractivity contribution in [1.82, 2.24) is 4.98 Å². The molecule has 7 heteroatoms. The van der Waals surface area contributed by atoms with Gasteiger partial charge in [0.05, 0.1) is 15.7 Å². The largest absolute Gasteiger partial charge is 0.481 e. The number of hydrogen-bond acceptors (Lipinski definition) is 2. The van der Waals surface area contributed by atoms with Gasteiger partial charge in [-0.25, -0.2) is 13.8 Å². The summed E-state index contributed by atoms with van der Waals surface area (Å²) >= 11 is 7.38. The molecule has 1 N–H and O–H groups in total. The molecule has 0 atom stereocenters. The zero-order chi connectivity index (χ0) is 11.6. The van der Waals surface area contributed by atoms with E-state index in [0.29, 0.717) is 3.57 Å². The lowest BCUT2D eigenvalue weighted by atomic mass is 10.1. The molecule has 0 fully saturated rings. The first-order valence-electron chi connectivity index (χ1n) is 3.76. The monoisotopic (exact) mass is 347 g/mol. The summed E-state index contributed by atoms with van der Waals surface area (Å²) in [7, 11) is 0. The number of nitrogens with zero attached hydrogens (tertiary/aromatic N) is 1. The van der Waals surface area contributed by atoms with Crippen molar-refractivity contribution in [3.8, 4) is 0 Å². The molecule has 0 aliphatic carbocycles. The van der Waals surface area contributed by atoms with Crippen LogP contribution in [-0.4, -0.2) is 16.1 Å². The van der Waals surface area contributed by atoms with Gasteiger partial charge in [-0.15, -0.1) is 0 Å². The molecule has 0 saturated heterocycles. The van der Waals surface area contributed by atoms with Gasteiger partial charge in [-0.05, 0) is 28.7 Å². The Morgan fingerprint density at radius 3 is 2.73 bits per heavy atom. The molecule has 0 aromatic carbocycles. The number of carboxylic acid groups (broad SMARTS) is 1. The second kappa shape index (κ2) is 5.02. The van der Waals surface area contributed by atoms with Crippen molar-refractivity contribution in [2.75, 3.05) is 0 Å². The molecule has 0 aliphatic heterocycles. The standard InChI is InChI=1S/C8H5ClF2INO2/c9-7-4(12)1-3(8(10)11)5(13-7)2-6(14)15/h1,8H,2H2,(H,14,15). The van der Waals surface area contributed by atoms with Crippen LogP contribution >= 0.6 is 34.2 Å². The predicted molar refractivity (Wildman–Crippen MR) is 58.3 cm³/mol. The lowest BCUT2D eigenvalue weighted by Gasteiger charge is -2.07. The molecule has 0 bridgehead atoms. The number of aromatic nitrogens is 1. The fourth-order valence-corrected chi connectivity index (χ4v) is 1.60. The van der Waals surface area contributed by atoms with Crippen molar-refractivity contribution in [1.29, 1.82) is 0 Å². The zero-order valence-corrected chi connectivity index (χ0v) is 10.1. The Morgan fingerprint density at radius 1 is 1.67 bits per heavy atom. The van der Waals surface area contributed by atoms with Gasteiger partial charge in [0.2, 0.25) is 0 Å². The highest BCUT2D eigenvalue weighted by Crippen LogP contribution is 2.27. The average Bonchev–Trinajstić information content (AvgIpc) is 2.09. The van der Waals surface area contributed by atoms with Gasteiger partial charge >= 0.3 is 5.97 Å². The Kier molecular flexibility index (Phi) is 4.21. The van der Waals surface area contributed by atoms with E-state index >= 15 is 0 Å². The van der Waals surface area contributed by atoms with Crippen molar-refractivity contribution < 1.29 is 18.7 Å². The van der Waals surface area contributed by atoms with Gasteiger partial charge in [-0.1, -0.05) is 11.6 Å². The van der Waals surface area contributed by atoms with Crippen molar-refractivity contribution in [2.24, 2.45) is 0 Å². The normalized spacial score (nSPS) is 10.7. The van der Waals surface area contributed by atoms with Crippen LogP contribution in [0.4, 0.5) is 8.78 Å². The second-order valence-electron chi connectivity index (χ2n) is 2.67.